The van der Waals surface area contributed by atoms with Gasteiger partial charge in [0.25, 0.3) is 0 Å². The molecule has 9 heteroatoms. The molecule has 0 saturated heterocycles. The lowest BCUT2D eigenvalue weighted by atomic mass is 9.32. The molecule has 4 aliphatic rings. The molecule has 9 heterocycles. The van der Waals surface area contributed by atoms with Gasteiger partial charge in [-0.3, -0.25) is 15.0 Å². The van der Waals surface area contributed by atoms with Crippen molar-refractivity contribution in [2.75, 3.05) is 0 Å². The first-order chi connectivity index (χ1) is 32.8. The summed E-state index contributed by atoms with van der Waals surface area (Å²) in [5.74, 6) is 0. The van der Waals surface area contributed by atoms with Crippen molar-refractivity contribution >= 4 is 113 Å². The lowest BCUT2D eigenvalue weighted by Crippen LogP contribution is -2.63. The molecule has 302 valence electrons. The smallest absolute Gasteiger partial charge is 0.249 e. The maximum Gasteiger partial charge on any atom is 0.249 e. The normalized spacial score (nSPS) is 13.6. The van der Waals surface area contributed by atoms with E-state index in [1.807, 2.05) is 60.7 Å². The van der Waals surface area contributed by atoms with Crippen molar-refractivity contribution in [3.8, 4) is 44.8 Å². The summed E-state index contributed by atoms with van der Waals surface area (Å²) < 4.78 is 5.13. The van der Waals surface area contributed by atoms with Crippen LogP contribution in [0, 0.1) is 0 Å². The second kappa shape index (κ2) is 13.0. The molecule has 0 atom stereocenters. The Labute approximate surface area is 388 Å². The van der Waals surface area contributed by atoms with Crippen LogP contribution < -0.4 is 32.8 Å². The molecule has 0 radical (unpaired) electrons. The second-order valence-corrected chi connectivity index (χ2v) is 19.9. The summed E-state index contributed by atoms with van der Waals surface area (Å²) >= 11 is 3.90. The Hall–Kier alpha value is -7.58. The fourth-order valence-corrected chi connectivity index (χ4v) is 15.0. The Kier molecular flexibility index (Phi) is 7.06. The van der Waals surface area contributed by atoms with Crippen LogP contribution in [0.2, 0.25) is 0 Å². The summed E-state index contributed by atoms with van der Waals surface area (Å²) in [6.45, 7) is 0.0183. The molecule has 0 saturated carbocycles. The Morgan fingerprint density at radius 2 is 0.803 bits per heavy atom. The summed E-state index contributed by atoms with van der Waals surface area (Å²) in [5.41, 5.74) is 23.1. The van der Waals surface area contributed by atoms with Gasteiger partial charge >= 0.3 is 0 Å². The highest BCUT2D eigenvalue weighted by Gasteiger charge is 2.46. The minimum Gasteiger partial charge on any atom is -0.310 e. The highest BCUT2D eigenvalue weighted by molar-refractivity contribution is 8.01. The van der Waals surface area contributed by atoms with Gasteiger partial charge in [-0.1, -0.05) is 113 Å². The first-order valence-corrected chi connectivity index (χ1v) is 24.1. The van der Waals surface area contributed by atoms with Crippen LogP contribution in [-0.2, 0) is 0 Å². The van der Waals surface area contributed by atoms with Crippen LogP contribution in [-0.4, -0.2) is 37.5 Å². The summed E-state index contributed by atoms with van der Waals surface area (Å²) in [5, 5.41) is 5.15. The van der Waals surface area contributed by atoms with Gasteiger partial charge < -0.3 is 9.13 Å². The molecule has 0 N–H and O–H groups in total. The quantitative estimate of drug-likeness (QED) is 0.166. The zero-order valence-electron chi connectivity index (χ0n) is 35.1. The lowest BCUT2D eigenvalue weighted by molar-refractivity contribution is 1.18. The van der Waals surface area contributed by atoms with E-state index in [0.717, 1.165) is 0 Å². The summed E-state index contributed by atoms with van der Waals surface area (Å²) in [7, 11) is 0. The Bertz CT molecular complexity index is 3890. The van der Waals surface area contributed by atoms with Crippen molar-refractivity contribution in [3.05, 3.63) is 189 Å². The van der Waals surface area contributed by atoms with Gasteiger partial charge in [-0.2, -0.15) is 0 Å². The van der Waals surface area contributed by atoms with Crippen LogP contribution in [0.4, 0.5) is 0 Å². The fourth-order valence-electron chi connectivity index (χ4n) is 12.2. The zero-order chi connectivity index (χ0) is 42.8. The van der Waals surface area contributed by atoms with Crippen LogP contribution in [0.3, 0.4) is 0 Å². The predicted molar refractivity (Wildman–Crippen MR) is 275 cm³/mol. The van der Waals surface area contributed by atoms with Crippen LogP contribution in [0.15, 0.2) is 208 Å². The summed E-state index contributed by atoms with van der Waals surface area (Å²) in [4.78, 5) is 18.7. The lowest BCUT2D eigenvalue weighted by Gasteiger charge is -2.38. The predicted octanol–water partition coefficient (Wildman–Crippen LogP) is 9.66. The molecule has 0 bridgehead atoms. The number of para-hydroxylation sites is 4. The second-order valence-electron chi connectivity index (χ2n) is 17.8. The molecule has 0 fully saturated rings. The maximum atomic E-state index is 4.58. The monoisotopic (exact) mass is 871 g/mol. The molecule has 0 aliphatic carbocycles. The molecule has 12 aromatic rings. The SMILES string of the molecule is c1ccc2c(c1)B1c3cc4c(c(-c5ccncc5)c3Sc3cc(-c5ccncc5)c5c6ccccc6n-2c5c31)Sc1cc(-c2ccncc2)c2c3ccccc3n3c2c1B4c1ccccc1-3. The number of nitrogens with zero attached hydrogens (tertiary/aromatic N) is 5. The van der Waals surface area contributed by atoms with Crippen molar-refractivity contribution in [1.29, 1.82) is 0 Å². The first-order valence-electron chi connectivity index (χ1n) is 22.5. The highest BCUT2D eigenvalue weighted by Crippen LogP contribution is 2.51. The highest BCUT2D eigenvalue weighted by atomic mass is 32.2. The van der Waals surface area contributed by atoms with E-state index in [1.165, 1.54) is 141 Å². The molecule has 0 spiro atoms. The van der Waals surface area contributed by atoms with Gasteiger partial charge in [-0.25, -0.2) is 0 Å². The van der Waals surface area contributed by atoms with Crippen molar-refractivity contribution in [2.45, 2.75) is 19.6 Å². The number of rotatable bonds is 3. The average Bonchev–Trinajstić information content (AvgIpc) is 3.92. The van der Waals surface area contributed by atoms with E-state index in [0.29, 0.717) is 0 Å². The molecule has 16 rings (SSSR count). The Morgan fingerprint density at radius 1 is 0.394 bits per heavy atom. The maximum absolute atomic E-state index is 4.58. The van der Waals surface area contributed by atoms with Gasteiger partial charge in [0, 0.05) is 95.2 Å². The third-order valence-electron chi connectivity index (χ3n) is 14.7. The number of hydrogen-bond donors (Lipinski definition) is 0. The van der Waals surface area contributed by atoms with Gasteiger partial charge in [-0.15, -0.1) is 0 Å². The summed E-state index contributed by atoms with van der Waals surface area (Å²) in [6.07, 6.45) is 11.6. The molecule has 5 aromatic heterocycles. The van der Waals surface area contributed by atoms with Gasteiger partial charge in [0.05, 0.1) is 22.1 Å². The topological polar surface area (TPSA) is 48.5 Å². The van der Waals surface area contributed by atoms with E-state index >= 15 is 0 Å². The Balaban J connectivity index is 1.06. The number of hydrogen-bond acceptors (Lipinski definition) is 5. The third-order valence-corrected chi connectivity index (χ3v) is 17.1. The molecule has 5 nitrogen and oxygen atoms in total. The Morgan fingerprint density at radius 3 is 1.27 bits per heavy atom. The first kappa shape index (κ1) is 35.7. The van der Waals surface area contributed by atoms with Crippen molar-refractivity contribution < 1.29 is 0 Å². The molecular weight excluding hydrogens is 840 g/mol. The van der Waals surface area contributed by atoms with E-state index in [-0.39, 0.29) is 13.4 Å². The minimum atomic E-state index is 0.00917. The van der Waals surface area contributed by atoms with Crippen LogP contribution in [0.25, 0.3) is 88.4 Å². The van der Waals surface area contributed by atoms with Crippen molar-refractivity contribution in [2.24, 2.45) is 0 Å². The minimum absolute atomic E-state index is 0.00917. The molecule has 0 amide bonds. The standard InChI is InChI=1S/C57H31B2N5S2/c1-5-13-43-35(9-1)50-37(32-17-23-60-24-18-32)29-47-52-54(50)63(43)45-15-7-3-11-39(45)58(52)41-31-42-57(49(56(41)65-47)34-21-27-62-28-22-34)66-48-30-38(33-19-25-61-26-20-33)51-36-10-2-6-14-44(36)64-46-16-8-4-12-40(46)59(42)53(48)55(51)64/h1-31H. The number of aromatic nitrogens is 5. The van der Waals surface area contributed by atoms with Crippen molar-refractivity contribution in [1.82, 2.24) is 24.1 Å². The molecule has 0 unspecified atom stereocenters. The van der Waals surface area contributed by atoms with E-state index in [2.05, 4.69) is 176 Å². The van der Waals surface area contributed by atoms with Crippen molar-refractivity contribution in [3.63, 3.8) is 0 Å². The largest absolute Gasteiger partial charge is 0.310 e. The van der Waals surface area contributed by atoms with Crippen LogP contribution >= 0.6 is 23.5 Å². The molecule has 66 heavy (non-hydrogen) atoms. The number of benzene rings is 7. The fraction of sp³-hybridized carbons (Fsp3) is 0. The van der Waals surface area contributed by atoms with Crippen LogP contribution in [0.5, 0.6) is 0 Å². The van der Waals surface area contributed by atoms with Gasteiger partial charge in [0.1, 0.15) is 0 Å². The average molecular weight is 872 g/mol. The van der Waals surface area contributed by atoms with Gasteiger partial charge in [0.2, 0.25) is 13.4 Å². The van der Waals surface area contributed by atoms with Gasteiger partial charge in [-0.05, 0) is 122 Å². The third kappa shape index (κ3) is 4.49. The van der Waals surface area contributed by atoms with E-state index in [9.17, 15) is 0 Å². The van der Waals surface area contributed by atoms with Gasteiger partial charge in [0.15, 0.2) is 0 Å². The molecule has 4 aliphatic heterocycles. The summed E-state index contributed by atoms with van der Waals surface area (Å²) in [6, 6.07) is 57.0. The zero-order valence-corrected chi connectivity index (χ0v) is 36.7. The number of fused-ring (bicyclic) bond motifs is 16. The number of pyridine rings is 3. The van der Waals surface area contributed by atoms with E-state index in [1.54, 1.807) is 0 Å². The van der Waals surface area contributed by atoms with E-state index < -0.39 is 0 Å². The molecular formula is C57H31B2N5S2. The van der Waals surface area contributed by atoms with E-state index in [4.69, 9.17) is 0 Å². The van der Waals surface area contributed by atoms with Crippen LogP contribution in [0.1, 0.15) is 0 Å². The molecule has 7 aromatic carbocycles.